The molecule has 1 aromatic rings. The summed E-state index contributed by atoms with van der Waals surface area (Å²) in [7, 11) is 1.74. The minimum absolute atomic E-state index is 0.784. The topological polar surface area (TPSA) is 95.9 Å². The maximum atomic E-state index is 9.10. The van der Waals surface area contributed by atoms with E-state index in [2.05, 4.69) is 17.4 Å². The van der Waals surface area contributed by atoms with E-state index in [4.69, 9.17) is 24.5 Å². The van der Waals surface area contributed by atoms with Crippen LogP contribution in [0.2, 0.25) is 0 Å². The molecule has 0 radical (unpaired) electrons. The van der Waals surface area contributed by atoms with E-state index in [1.54, 1.807) is 7.11 Å². The molecule has 0 bridgehead atoms. The second-order valence-corrected chi connectivity index (χ2v) is 4.49. The Balaban J connectivity index is 0.000000286. The summed E-state index contributed by atoms with van der Waals surface area (Å²) in [5.41, 5.74) is 1.34. The van der Waals surface area contributed by atoms with Gasteiger partial charge in [0.05, 0.1) is 7.11 Å². The van der Waals surface area contributed by atoms with E-state index in [1.807, 2.05) is 12.1 Å². The molecule has 3 N–H and O–H groups in total. The molecule has 0 amide bonds. The van der Waals surface area contributed by atoms with Crippen LogP contribution in [0.5, 0.6) is 5.75 Å². The first-order valence-corrected chi connectivity index (χ1v) is 6.33. The molecule has 6 nitrogen and oxygen atoms in total. The van der Waals surface area contributed by atoms with Crippen molar-refractivity contribution in [3.63, 3.8) is 0 Å². The molecule has 6 heteroatoms. The average Bonchev–Trinajstić information content (AvgIpc) is 2.93. The summed E-state index contributed by atoms with van der Waals surface area (Å²) in [5.74, 6) is -1.84. The highest BCUT2D eigenvalue weighted by Gasteiger charge is 2.16. The molecule has 1 heterocycles. The second-order valence-electron chi connectivity index (χ2n) is 4.49. The van der Waals surface area contributed by atoms with Crippen LogP contribution in [0.25, 0.3) is 0 Å². The number of methoxy groups -OCH3 is 1. The Bertz CT molecular complexity index is 443. The maximum Gasteiger partial charge on any atom is 0.414 e. The molecule has 1 unspecified atom stereocenters. The minimum atomic E-state index is -1.82. The summed E-state index contributed by atoms with van der Waals surface area (Å²) in [6.07, 6.45) is 2.43. The van der Waals surface area contributed by atoms with E-state index in [0.717, 1.165) is 24.6 Å². The van der Waals surface area contributed by atoms with Crippen LogP contribution in [0.4, 0.5) is 0 Å². The zero-order valence-corrected chi connectivity index (χ0v) is 11.3. The van der Waals surface area contributed by atoms with Crippen LogP contribution in [-0.2, 0) is 16.0 Å². The number of ether oxygens (including phenoxy) is 1. The second kappa shape index (κ2) is 8.16. The van der Waals surface area contributed by atoms with E-state index in [-0.39, 0.29) is 0 Å². The van der Waals surface area contributed by atoms with Gasteiger partial charge in [0.25, 0.3) is 0 Å². The lowest BCUT2D eigenvalue weighted by atomic mass is 9.98. The van der Waals surface area contributed by atoms with Gasteiger partial charge in [0, 0.05) is 0 Å². The van der Waals surface area contributed by atoms with Gasteiger partial charge >= 0.3 is 11.9 Å². The van der Waals surface area contributed by atoms with Gasteiger partial charge in [-0.3, -0.25) is 0 Å². The monoisotopic (exact) mass is 281 g/mol. The van der Waals surface area contributed by atoms with E-state index >= 15 is 0 Å². The van der Waals surface area contributed by atoms with Crippen LogP contribution < -0.4 is 10.1 Å². The number of rotatable bonds is 3. The third-order valence-corrected chi connectivity index (χ3v) is 3.05. The molecule has 0 aromatic heterocycles. The quantitative estimate of drug-likeness (QED) is 0.715. The number of para-hydroxylation sites is 1. The van der Waals surface area contributed by atoms with Crippen molar-refractivity contribution >= 4 is 11.9 Å². The van der Waals surface area contributed by atoms with Crippen LogP contribution >= 0.6 is 0 Å². The molecular formula is C14H19NO5. The molecule has 110 valence electrons. The fourth-order valence-electron chi connectivity index (χ4n) is 2.07. The van der Waals surface area contributed by atoms with Gasteiger partial charge in [0.15, 0.2) is 0 Å². The van der Waals surface area contributed by atoms with Crippen LogP contribution in [0.1, 0.15) is 12.0 Å². The van der Waals surface area contributed by atoms with Gasteiger partial charge in [0.2, 0.25) is 0 Å². The molecule has 0 saturated carbocycles. The lowest BCUT2D eigenvalue weighted by molar-refractivity contribution is -0.159. The molecule has 0 aliphatic carbocycles. The SMILES string of the molecule is COc1ccccc1CC1CCNC1.O=C(O)C(=O)O. The van der Waals surface area contributed by atoms with Crippen molar-refractivity contribution in [1.82, 2.24) is 5.32 Å². The summed E-state index contributed by atoms with van der Waals surface area (Å²) >= 11 is 0. The molecule has 20 heavy (non-hydrogen) atoms. The highest BCUT2D eigenvalue weighted by molar-refractivity contribution is 6.27. The van der Waals surface area contributed by atoms with Gasteiger partial charge in [-0.2, -0.15) is 0 Å². The largest absolute Gasteiger partial charge is 0.496 e. The van der Waals surface area contributed by atoms with Gasteiger partial charge in [0.1, 0.15) is 5.75 Å². The van der Waals surface area contributed by atoms with E-state index in [0.29, 0.717) is 0 Å². The summed E-state index contributed by atoms with van der Waals surface area (Å²) in [4.78, 5) is 18.2. The number of hydrogen-bond acceptors (Lipinski definition) is 4. The zero-order valence-electron chi connectivity index (χ0n) is 11.3. The predicted octanol–water partition coefficient (Wildman–Crippen LogP) is 1.00. The molecule has 1 aliphatic heterocycles. The predicted molar refractivity (Wildman–Crippen MR) is 72.9 cm³/mol. The molecule has 1 aromatic carbocycles. The standard InChI is InChI=1S/C12H17NO.C2H2O4/c1-14-12-5-3-2-4-11(12)8-10-6-7-13-9-10;3-1(4)2(5)6/h2-5,10,13H,6-9H2,1H3;(H,3,4)(H,5,6). The fraction of sp³-hybridized carbons (Fsp3) is 0.429. The van der Waals surface area contributed by atoms with Crippen LogP contribution in [0, 0.1) is 5.92 Å². The first kappa shape index (κ1) is 16.0. The highest BCUT2D eigenvalue weighted by atomic mass is 16.5. The summed E-state index contributed by atoms with van der Waals surface area (Å²) in [6, 6.07) is 8.31. The van der Waals surface area contributed by atoms with Crippen molar-refractivity contribution in [1.29, 1.82) is 0 Å². The normalized spacial score (nSPS) is 16.9. The summed E-state index contributed by atoms with van der Waals surface area (Å²) in [6.45, 7) is 2.32. The zero-order chi connectivity index (χ0) is 15.0. The molecule has 1 aliphatic rings. The van der Waals surface area contributed by atoms with Crippen molar-refractivity contribution in [3.05, 3.63) is 29.8 Å². The molecule has 2 rings (SSSR count). The van der Waals surface area contributed by atoms with Gasteiger partial charge < -0.3 is 20.3 Å². The van der Waals surface area contributed by atoms with Gasteiger partial charge in [-0.15, -0.1) is 0 Å². The number of benzene rings is 1. The minimum Gasteiger partial charge on any atom is -0.496 e. The Labute approximate surface area is 117 Å². The molecular weight excluding hydrogens is 262 g/mol. The summed E-state index contributed by atoms with van der Waals surface area (Å²) < 4.78 is 5.34. The van der Waals surface area contributed by atoms with E-state index in [1.165, 1.54) is 18.5 Å². The lowest BCUT2D eigenvalue weighted by Gasteiger charge is -2.11. The van der Waals surface area contributed by atoms with Crippen LogP contribution in [0.15, 0.2) is 24.3 Å². The van der Waals surface area contributed by atoms with E-state index in [9.17, 15) is 0 Å². The lowest BCUT2D eigenvalue weighted by Crippen LogP contribution is -2.11. The first-order valence-electron chi connectivity index (χ1n) is 6.33. The Morgan fingerprint density at radius 1 is 1.30 bits per heavy atom. The van der Waals surface area contributed by atoms with Gasteiger partial charge in [-0.1, -0.05) is 18.2 Å². The number of carboxylic acid groups (broad SMARTS) is 2. The number of nitrogens with one attached hydrogen (secondary N) is 1. The summed E-state index contributed by atoms with van der Waals surface area (Å²) in [5, 5.41) is 18.2. The van der Waals surface area contributed by atoms with Crippen LogP contribution in [-0.4, -0.2) is 42.4 Å². The molecule has 1 atom stereocenters. The third kappa shape index (κ3) is 5.27. The Kier molecular flexibility index (Phi) is 6.52. The Morgan fingerprint density at radius 2 is 1.95 bits per heavy atom. The molecule has 1 fully saturated rings. The van der Waals surface area contributed by atoms with Crippen molar-refractivity contribution in [2.45, 2.75) is 12.8 Å². The highest BCUT2D eigenvalue weighted by Crippen LogP contribution is 2.23. The smallest absolute Gasteiger partial charge is 0.414 e. The first-order chi connectivity index (χ1) is 9.54. The maximum absolute atomic E-state index is 9.10. The van der Waals surface area contributed by atoms with Gasteiger partial charge in [-0.25, -0.2) is 9.59 Å². The number of carbonyl (C=O) groups is 2. The number of carboxylic acids is 2. The average molecular weight is 281 g/mol. The van der Waals surface area contributed by atoms with Gasteiger partial charge in [-0.05, 0) is 43.5 Å². The molecule has 0 spiro atoms. The number of aliphatic carboxylic acids is 2. The van der Waals surface area contributed by atoms with Crippen molar-refractivity contribution in [2.24, 2.45) is 5.92 Å². The Hall–Kier alpha value is -2.08. The fourth-order valence-corrected chi connectivity index (χ4v) is 2.07. The van der Waals surface area contributed by atoms with E-state index < -0.39 is 11.9 Å². The Morgan fingerprint density at radius 3 is 2.45 bits per heavy atom. The third-order valence-electron chi connectivity index (χ3n) is 3.05. The van der Waals surface area contributed by atoms with Crippen molar-refractivity contribution in [2.75, 3.05) is 20.2 Å². The number of hydrogen-bond donors (Lipinski definition) is 3. The molecule has 1 saturated heterocycles. The van der Waals surface area contributed by atoms with Crippen LogP contribution in [0.3, 0.4) is 0 Å². The van der Waals surface area contributed by atoms with Crippen molar-refractivity contribution in [3.8, 4) is 5.75 Å². The van der Waals surface area contributed by atoms with Crippen molar-refractivity contribution < 1.29 is 24.5 Å².